The Kier molecular flexibility index (Phi) is 5.65. The van der Waals surface area contributed by atoms with Crippen molar-refractivity contribution in [2.75, 3.05) is 19.0 Å². The molecule has 0 fully saturated rings. The maximum absolute atomic E-state index is 11.3. The van der Waals surface area contributed by atoms with Gasteiger partial charge in [0.2, 0.25) is 5.82 Å². The number of hydrogen-bond donors (Lipinski definition) is 2. The number of anilines is 1. The fourth-order valence-corrected chi connectivity index (χ4v) is 1.92. The first-order valence-electron chi connectivity index (χ1n) is 6.51. The first-order valence-corrected chi connectivity index (χ1v) is 6.51. The molecule has 0 saturated heterocycles. The zero-order valence-corrected chi connectivity index (χ0v) is 12.5. The first kappa shape index (κ1) is 16.9. The van der Waals surface area contributed by atoms with Gasteiger partial charge in [-0.25, -0.2) is 9.48 Å². The van der Waals surface area contributed by atoms with Gasteiger partial charge in [0.05, 0.1) is 4.92 Å². The quantitative estimate of drug-likeness (QED) is 0.552. The molecule has 1 rings (SSSR count). The van der Waals surface area contributed by atoms with Crippen LogP contribution in [0, 0.1) is 17.0 Å². The standard InChI is InChI=1S/C12H20N4O5/c1-7(2)15-11(10(16(19)20)8(3)14-15)13-9(12(17)18)5-6-21-4/h7,9,13H,5-6H2,1-4H3,(H,17,18). The minimum Gasteiger partial charge on any atom is -0.480 e. The zero-order chi connectivity index (χ0) is 16.2. The SMILES string of the molecule is COCCC(Nc1c([N+](=O)[O-])c(C)nn1C(C)C)C(=O)O. The summed E-state index contributed by atoms with van der Waals surface area (Å²) in [4.78, 5) is 21.9. The molecule has 1 atom stereocenters. The maximum atomic E-state index is 11.3. The number of methoxy groups -OCH3 is 1. The number of nitro groups is 1. The van der Waals surface area contributed by atoms with E-state index in [9.17, 15) is 20.0 Å². The van der Waals surface area contributed by atoms with Gasteiger partial charge >= 0.3 is 11.7 Å². The number of aromatic nitrogens is 2. The number of aryl methyl sites for hydroxylation is 1. The molecule has 0 aliphatic rings. The summed E-state index contributed by atoms with van der Waals surface area (Å²) in [6.45, 7) is 5.37. The lowest BCUT2D eigenvalue weighted by Gasteiger charge is -2.17. The highest BCUT2D eigenvalue weighted by Gasteiger charge is 2.30. The molecule has 21 heavy (non-hydrogen) atoms. The van der Waals surface area contributed by atoms with E-state index in [1.165, 1.54) is 18.7 Å². The lowest BCUT2D eigenvalue weighted by molar-refractivity contribution is -0.384. The van der Waals surface area contributed by atoms with Gasteiger partial charge in [0.25, 0.3) is 0 Å². The Hall–Kier alpha value is -2.16. The molecule has 1 unspecified atom stereocenters. The van der Waals surface area contributed by atoms with Gasteiger partial charge in [0, 0.05) is 26.2 Å². The maximum Gasteiger partial charge on any atom is 0.333 e. The zero-order valence-electron chi connectivity index (χ0n) is 12.5. The summed E-state index contributed by atoms with van der Waals surface area (Å²) in [6.07, 6.45) is 0.186. The molecule has 0 amide bonds. The number of nitrogens with one attached hydrogen (secondary N) is 1. The number of rotatable bonds is 8. The minimum atomic E-state index is -1.10. The van der Waals surface area contributed by atoms with Crippen molar-refractivity contribution in [3.05, 3.63) is 15.8 Å². The molecule has 0 saturated carbocycles. The average Bonchev–Trinajstić information content (AvgIpc) is 2.71. The summed E-state index contributed by atoms with van der Waals surface area (Å²) < 4.78 is 6.29. The van der Waals surface area contributed by atoms with E-state index in [0.717, 1.165) is 0 Å². The number of carboxylic acids is 1. The summed E-state index contributed by atoms with van der Waals surface area (Å²) >= 11 is 0. The Balaban J connectivity index is 3.19. The van der Waals surface area contributed by atoms with E-state index in [1.54, 1.807) is 0 Å². The second-order valence-corrected chi connectivity index (χ2v) is 4.89. The predicted octanol–water partition coefficient (Wildman–Crippen LogP) is 1.58. The molecule has 118 valence electrons. The number of aliphatic carboxylic acids is 1. The normalized spacial score (nSPS) is 12.4. The molecule has 1 aromatic rings. The van der Waals surface area contributed by atoms with Crippen molar-refractivity contribution in [3.63, 3.8) is 0 Å². The van der Waals surface area contributed by atoms with Crippen LogP contribution in [0.5, 0.6) is 0 Å². The van der Waals surface area contributed by atoms with Crippen LogP contribution in [-0.4, -0.2) is 45.5 Å². The second kappa shape index (κ2) is 7.02. The molecule has 0 aromatic carbocycles. The van der Waals surface area contributed by atoms with Gasteiger partial charge in [0.1, 0.15) is 11.7 Å². The van der Waals surface area contributed by atoms with E-state index in [4.69, 9.17) is 4.74 Å². The summed E-state index contributed by atoms with van der Waals surface area (Å²) in [5.74, 6) is -0.994. The summed E-state index contributed by atoms with van der Waals surface area (Å²) in [5, 5.41) is 27.2. The van der Waals surface area contributed by atoms with Crippen molar-refractivity contribution in [2.45, 2.75) is 39.3 Å². The summed E-state index contributed by atoms with van der Waals surface area (Å²) in [6, 6.07) is -1.13. The Morgan fingerprint density at radius 3 is 2.62 bits per heavy atom. The van der Waals surface area contributed by atoms with Gasteiger partial charge in [-0.1, -0.05) is 0 Å². The molecule has 0 bridgehead atoms. The van der Waals surface area contributed by atoms with Gasteiger partial charge in [0.15, 0.2) is 0 Å². The Morgan fingerprint density at radius 1 is 1.57 bits per heavy atom. The molecule has 2 N–H and O–H groups in total. The number of carboxylic acid groups (broad SMARTS) is 1. The highest BCUT2D eigenvalue weighted by molar-refractivity contribution is 5.78. The third-order valence-corrected chi connectivity index (χ3v) is 2.95. The molecule has 0 aliphatic heterocycles. The van der Waals surface area contributed by atoms with Crippen LogP contribution in [0.25, 0.3) is 0 Å². The van der Waals surface area contributed by atoms with Crippen molar-refractivity contribution >= 4 is 17.5 Å². The van der Waals surface area contributed by atoms with Gasteiger partial charge in [-0.2, -0.15) is 5.10 Å². The molecule has 9 heteroatoms. The fraction of sp³-hybridized carbons (Fsp3) is 0.667. The number of hydrogen-bond acceptors (Lipinski definition) is 6. The highest BCUT2D eigenvalue weighted by atomic mass is 16.6. The fourth-order valence-electron chi connectivity index (χ4n) is 1.92. The third kappa shape index (κ3) is 3.91. The molecular formula is C12H20N4O5. The number of ether oxygens (including phenoxy) is 1. The Bertz CT molecular complexity index is 526. The van der Waals surface area contributed by atoms with E-state index >= 15 is 0 Å². The third-order valence-electron chi connectivity index (χ3n) is 2.95. The molecule has 9 nitrogen and oxygen atoms in total. The average molecular weight is 300 g/mol. The second-order valence-electron chi connectivity index (χ2n) is 4.89. The topological polar surface area (TPSA) is 120 Å². The molecular weight excluding hydrogens is 280 g/mol. The van der Waals surface area contributed by atoms with Crippen LogP contribution >= 0.6 is 0 Å². The van der Waals surface area contributed by atoms with Crippen molar-refractivity contribution < 1.29 is 19.6 Å². The van der Waals surface area contributed by atoms with Crippen LogP contribution in [0.3, 0.4) is 0 Å². The van der Waals surface area contributed by atoms with E-state index < -0.39 is 16.9 Å². The highest BCUT2D eigenvalue weighted by Crippen LogP contribution is 2.31. The summed E-state index contributed by atoms with van der Waals surface area (Å²) in [5.41, 5.74) is 0.0412. The van der Waals surface area contributed by atoms with Gasteiger partial charge in [-0.3, -0.25) is 10.1 Å². The molecule has 0 spiro atoms. The smallest absolute Gasteiger partial charge is 0.333 e. The first-order chi connectivity index (χ1) is 9.79. The predicted molar refractivity (Wildman–Crippen MR) is 75.5 cm³/mol. The van der Waals surface area contributed by atoms with Crippen LogP contribution in [0.15, 0.2) is 0 Å². The van der Waals surface area contributed by atoms with Crippen molar-refractivity contribution in [2.24, 2.45) is 0 Å². The van der Waals surface area contributed by atoms with E-state index in [0.29, 0.717) is 0 Å². The molecule has 1 aromatic heterocycles. The van der Waals surface area contributed by atoms with Crippen molar-refractivity contribution in [1.82, 2.24) is 9.78 Å². The van der Waals surface area contributed by atoms with Crippen LogP contribution in [0.2, 0.25) is 0 Å². The van der Waals surface area contributed by atoms with Crippen molar-refractivity contribution in [1.29, 1.82) is 0 Å². The van der Waals surface area contributed by atoms with E-state index in [-0.39, 0.29) is 36.3 Å². The van der Waals surface area contributed by atoms with Crippen LogP contribution in [-0.2, 0) is 9.53 Å². The van der Waals surface area contributed by atoms with Gasteiger partial charge in [-0.15, -0.1) is 0 Å². The monoisotopic (exact) mass is 300 g/mol. The van der Waals surface area contributed by atoms with Gasteiger partial charge in [-0.05, 0) is 20.8 Å². The van der Waals surface area contributed by atoms with Crippen LogP contribution in [0.4, 0.5) is 11.5 Å². The number of nitrogens with zero attached hydrogens (tertiary/aromatic N) is 3. The number of carbonyl (C=O) groups is 1. The van der Waals surface area contributed by atoms with Crippen LogP contribution in [0.1, 0.15) is 32.0 Å². The van der Waals surface area contributed by atoms with Crippen molar-refractivity contribution in [3.8, 4) is 0 Å². The summed E-state index contributed by atoms with van der Waals surface area (Å²) in [7, 11) is 1.46. The lowest BCUT2D eigenvalue weighted by atomic mass is 10.2. The van der Waals surface area contributed by atoms with E-state index in [2.05, 4.69) is 10.4 Å². The van der Waals surface area contributed by atoms with Gasteiger partial charge < -0.3 is 15.2 Å². The molecule has 0 aliphatic carbocycles. The molecule has 0 radical (unpaired) electrons. The van der Waals surface area contributed by atoms with E-state index in [1.807, 2.05) is 13.8 Å². The molecule has 1 heterocycles. The van der Waals surface area contributed by atoms with Crippen LogP contribution < -0.4 is 5.32 Å². The minimum absolute atomic E-state index is 0.107. The Labute approximate surface area is 122 Å². The lowest BCUT2D eigenvalue weighted by Crippen LogP contribution is -2.32. The largest absolute Gasteiger partial charge is 0.480 e. The Morgan fingerprint density at radius 2 is 2.19 bits per heavy atom.